The van der Waals surface area contributed by atoms with Crippen LogP contribution in [-0.4, -0.2) is 72.2 Å². The molecule has 0 aliphatic carbocycles. The van der Waals surface area contributed by atoms with Crippen LogP contribution >= 0.6 is 0 Å². The predicted molar refractivity (Wildman–Crippen MR) is 139 cm³/mol. The maximum absolute atomic E-state index is 13.8. The van der Waals surface area contributed by atoms with E-state index < -0.39 is 53.0 Å². The largest absolute Gasteiger partial charge is 0.367 e. The summed E-state index contributed by atoms with van der Waals surface area (Å²) in [4.78, 5) is 82.7. The molecule has 11 nitrogen and oxygen atoms in total. The lowest BCUT2D eigenvalue weighted by molar-refractivity contribution is -0.159. The van der Waals surface area contributed by atoms with Gasteiger partial charge in [0.15, 0.2) is 5.41 Å². The van der Waals surface area contributed by atoms with E-state index in [-0.39, 0.29) is 17.7 Å². The Bertz CT molecular complexity index is 1560. The standard InChI is InChI=1S/C28H24FN5O6/c1-31-24(37)28(25(38)32(2)27(31)40)14-16-11-15(8-9-20(16)33-10-4-7-21(28)33)12-19-22(35)30-26(39)34(23(19)36)18-6-3-5-17(29)13-18/h3,5-6,8-9,11-13,21H,4,7,10,14H2,1-2H3,(H,30,35,39)/b19-12+/t21-/m0/s1. The Balaban J connectivity index is 1.41. The lowest BCUT2D eigenvalue weighted by Gasteiger charge is -2.50. The number of nitrogens with zero attached hydrogens (tertiary/aromatic N) is 4. The van der Waals surface area contributed by atoms with Gasteiger partial charge in [0.25, 0.3) is 11.8 Å². The molecule has 0 aromatic heterocycles. The Morgan fingerprint density at radius 2 is 1.70 bits per heavy atom. The molecule has 4 heterocycles. The van der Waals surface area contributed by atoms with Gasteiger partial charge in [0, 0.05) is 26.3 Å². The van der Waals surface area contributed by atoms with Crippen molar-refractivity contribution in [3.8, 4) is 0 Å². The number of fused-ring (bicyclic) bond motifs is 4. The van der Waals surface area contributed by atoms with Crippen molar-refractivity contribution in [1.82, 2.24) is 15.1 Å². The molecule has 2 aromatic rings. The summed E-state index contributed by atoms with van der Waals surface area (Å²) < 4.78 is 13.8. The third-order valence-corrected chi connectivity index (χ3v) is 8.13. The first-order valence-corrected chi connectivity index (χ1v) is 12.7. The second kappa shape index (κ2) is 8.83. The Morgan fingerprint density at radius 1 is 0.975 bits per heavy atom. The summed E-state index contributed by atoms with van der Waals surface area (Å²) in [5, 5.41) is 2.11. The molecule has 4 aliphatic heterocycles. The Morgan fingerprint density at radius 3 is 2.40 bits per heavy atom. The molecule has 8 amide bonds. The summed E-state index contributed by atoms with van der Waals surface area (Å²) in [5.41, 5.74) is 0.0210. The summed E-state index contributed by atoms with van der Waals surface area (Å²) >= 11 is 0. The van der Waals surface area contributed by atoms with Crippen molar-refractivity contribution in [2.24, 2.45) is 5.41 Å². The van der Waals surface area contributed by atoms with Gasteiger partial charge in [-0.05, 0) is 66.8 Å². The maximum atomic E-state index is 13.8. The van der Waals surface area contributed by atoms with E-state index >= 15 is 0 Å². The first-order valence-electron chi connectivity index (χ1n) is 12.7. The van der Waals surface area contributed by atoms with Crippen LogP contribution in [0, 0.1) is 11.2 Å². The quantitative estimate of drug-likeness (QED) is 0.348. The van der Waals surface area contributed by atoms with Crippen LogP contribution < -0.4 is 15.1 Å². The highest BCUT2D eigenvalue weighted by Crippen LogP contribution is 2.49. The molecule has 12 heteroatoms. The SMILES string of the molecule is CN1C(=O)N(C)C(=O)C2(Cc3cc(/C=C4\C(=O)NC(=O)N(c5cccc(F)c5)C4=O)ccc3N3CCC[C@H]32)C1=O. The van der Waals surface area contributed by atoms with Gasteiger partial charge in [-0.3, -0.25) is 34.3 Å². The van der Waals surface area contributed by atoms with E-state index in [1.165, 1.54) is 32.3 Å². The summed E-state index contributed by atoms with van der Waals surface area (Å²) in [6, 6.07) is 7.98. The highest BCUT2D eigenvalue weighted by molar-refractivity contribution is 6.39. The molecule has 1 spiro atoms. The smallest absolute Gasteiger partial charge is 0.335 e. The number of urea groups is 2. The number of hydrogen-bond donors (Lipinski definition) is 1. The molecule has 0 saturated carbocycles. The minimum Gasteiger partial charge on any atom is -0.367 e. The lowest BCUT2D eigenvalue weighted by Crippen LogP contribution is -2.70. The van der Waals surface area contributed by atoms with Crippen LogP contribution in [0.4, 0.5) is 25.4 Å². The first kappa shape index (κ1) is 25.4. The second-order valence-electron chi connectivity index (χ2n) is 10.3. The minimum absolute atomic E-state index is 0.0359. The molecular weight excluding hydrogens is 521 g/mol. The topological polar surface area (TPSA) is 127 Å². The number of carbonyl (C=O) groups is 6. The zero-order valence-electron chi connectivity index (χ0n) is 21.6. The van der Waals surface area contributed by atoms with E-state index in [1.807, 2.05) is 11.0 Å². The summed E-state index contributed by atoms with van der Waals surface area (Å²) in [5.74, 6) is -3.60. The van der Waals surface area contributed by atoms with Gasteiger partial charge in [0.1, 0.15) is 11.4 Å². The van der Waals surface area contributed by atoms with E-state index in [0.717, 1.165) is 34.0 Å². The zero-order valence-corrected chi connectivity index (χ0v) is 21.6. The van der Waals surface area contributed by atoms with Gasteiger partial charge < -0.3 is 4.90 Å². The third kappa shape index (κ3) is 3.48. The maximum Gasteiger partial charge on any atom is 0.335 e. The number of anilines is 2. The van der Waals surface area contributed by atoms with E-state index in [0.29, 0.717) is 29.0 Å². The fourth-order valence-electron chi connectivity index (χ4n) is 6.30. The molecule has 4 aliphatic rings. The van der Waals surface area contributed by atoms with Crippen molar-refractivity contribution < 1.29 is 33.2 Å². The average molecular weight is 546 g/mol. The van der Waals surface area contributed by atoms with Crippen molar-refractivity contribution in [3.63, 3.8) is 0 Å². The average Bonchev–Trinajstić information content (AvgIpc) is 3.43. The minimum atomic E-state index is -1.49. The number of rotatable bonds is 2. The van der Waals surface area contributed by atoms with Crippen LogP contribution in [0.2, 0.25) is 0 Å². The highest BCUT2D eigenvalue weighted by Gasteiger charge is 2.63. The predicted octanol–water partition coefficient (Wildman–Crippen LogP) is 2.05. The highest BCUT2D eigenvalue weighted by atomic mass is 19.1. The van der Waals surface area contributed by atoms with Gasteiger partial charge in [-0.2, -0.15) is 0 Å². The van der Waals surface area contributed by atoms with Crippen LogP contribution in [0.15, 0.2) is 48.0 Å². The van der Waals surface area contributed by atoms with E-state index in [4.69, 9.17) is 0 Å². The molecule has 2 aromatic carbocycles. The lowest BCUT2D eigenvalue weighted by atomic mass is 9.68. The van der Waals surface area contributed by atoms with Crippen LogP contribution in [0.25, 0.3) is 6.08 Å². The number of carbonyl (C=O) groups excluding carboxylic acids is 6. The number of imide groups is 4. The number of hydrogen-bond acceptors (Lipinski definition) is 7. The van der Waals surface area contributed by atoms with Gasteiger partial charge in [-0.1, -0.05) is 12.1 Å². The number of amides is 8. The number of halogens is 1. The summed E-state index contributed by atoms with van der Waals surface area (Å²) in [6.45, 7) is 0.618. The van der Waals surface area contributed by atoms with Gasteiger partial charge in [0.05, 0.1) is 11.7 Å². The van der Waals surface area contributed by atoms with Crippen LogP contribution in [0.5, 0.6) is 0 Å². The zero-order chi connectivity index (χ0) is 28.5. The number of barbiturate groups is 2. The van der Waals surface area contributed by atoms with Crippen molar-refractivity contribution >= 4 is 53.1 Å². The van der Waals surface area contributed by atoms with Gasteiger partial charge in [0.2, 0.25) is 11.8 Å². The summed E-state index contributed by atoms with van der Waals surface area (Å²) in [6.07, 6.45) is 2.72. The molecule has 0 unspecified atom stereocenters. The van der Waals surface area contributed by atoms with Crippen molar-refractivity contribution in [2.75, 3.05) is 30.4 Å². The van der Waals surface area contributed by atoms with Crippen molar-refractivity contribution in [3.05, 3.63) is 65.0 Å². The first-order chi connectivity index (χ1) is 19.0. The molecule has 1 atom stereocenters. The Kier molecular flexibility index (Phi) is 5.61. The Hall–Kier alpha value is -4.87. The molecule has 3 fully saturated rings. The second-order valence-corrected chi connectivity index (χ2v) is 10.3. The summed E-state index contributed by atoms with van der Waals surface area (Å²) in [7, 11) is 2.73. The fraction of sp³-hybridized carbons (Fsp3) is 0.286. The Labute approximate surface area is 227 Å². The molecule has 3 saturated heterocycles. The van der Waals surface area contributed by atoms with E-state index in [9.17, 15) is 33.2 Å². The molecule has 6 rings (SSSR count). The molecule has 0 bridgehead atoms. The molecule has 40 heavy (non-hydrogen) atoms. The third-order valence-electron chi connectivity index (χ3n) is 8.13. The van der Waals surface area contributed by atoms with Crippen LogP contribution in [0.3, 0.4) is 0 Å². The van der Waals surface area contributed by atoms with Gasteiger partial charge in [-0.15, -0.1) is 0 Å². The van der Waals surface area contributed by atoms with Crippen LogP contribution in [0.1, 0.15) is 24.0 Å². The molecule has 204 valence electrons. The fourth-order valence-corrected chi connectivity index (χ4v) is 6.30. The molecular formula is C28H24FN5O6. The van der Waals surface area contributed by atoms with Crippen molar-refractivity contribution in [2.45, 2.75) is 25.3 Å². The van der Waals surface area contributed by atoms with Crippen LogP contribution in [-0.2, 0) is 25.6 Å². The van der Waals surface area contributed by atoms with E-state index in [2.05, 4.69) is 5.32 Å². The van der Waals surface area contributed by atoms with Gasteiger partial charge >= 0.3 is 12.1 Å². The number of benzene rings is 2. The number of nitrogens with one attached hydrogen (secondary N) is 1. The normalized spacial score (nSPS) is 23.3. The molecule has 0 radical (unpaired) electrons. The monoisotopic (exact) mass is 545 g/mol. The molecule has 1 N–H and O–H groups in total. The van der Waals surface area contributed by atoms with Crippen molar-refractivity contribution in [1.29, 1.82) is 0 Å². The van der Waals surface area contributed by atoms with Gasteiger partial charge in [-0.25, -0.2) is 18.9 Å². The van der Waals surface area contributed by atoms with E-state index in [1.54, 1.807) is 12.1 Å².